The van der Waals surface area contributed by atoms with Gasteiger partial charge in [-0.25, -0.2) is 9.80 Å². The molecule has 1 amide bonds. The van der Waals surface area contributed by atoms with E-state index >= 15 is 0 Å². The zero-order chi connectivity index (χ0) is 26.6. The zero-order valence-corrected chi connectivity index (χ0v) is 22.4. The van der Waals surface area contributed by atoms with Gasteiger partial charge in [-0.1, -0.05) is 42.5 Å². The Morgan fingerprint density at radius 2 is 1.70 bits per heavy atom. The lowest BCUT2D eigenvalue weighted by molar-refractivity contribution is -0.152. The first kappa shape index (κ1) is 26.6. The van der Waals surface area contributed by atoms with Crippen molar-refractivity contribution in [2.75, 3.05) is 0 Å². The Morgan fingerprint density at radius 1 is 1.03 bits per heavy atom. The van der Waals surface area contributed by atoms with Crippen LogP contribution in [-0.2, 0) is 22.6 Å². The Kier molecular flexibility index (Phi) is 7.86. The number of carboxylic acid groups (broad SMARTS) is 1. The lowest BCUT2D eigenvalue weighted by Crippen LogP contribution is -2.37. The third-order valence-corrected chi connectivity index (χ3v) is 7.37. The fraction of sp³-hybridized carbons (Fsp3) is 0.452. The highest BCUT2D eigenvalue weighted by molar-refractivity contribution is 6.11. The van der Waals surface area contributed by atoms with Gasteiger partial charge in [-0.15, -0.1) is 0 Å². The van der Waals surface area contributed by atoms with Crippen LogP contribution < -0.4 is 4.74 Å². The van der Waals surface area contributed by atoms with Crippen LogP contribution in [0.15, 0.2) is 59.7 Å². The standard InChI is InChI=1S/C31H38N2O4/c1-30(2)27(12-8-9-22-15-19-26(20-16-22)37-31(3,4)29(35)36)32-33(28(30)34)21-23-13-17-25(18-14-23)24-10-6-5-7-11-24/h10,13-20H,5-9,11-12,21H2,1-4H3,(H,35,36). The van der Waals surface area contributed by atoms with E-state index in [4.69, 9.17) is 9.84 Å². The maximum absolute atomic E-state index is 13.1. The SMILES string of the molecule is CC(C)(Oc1ccc(CCCC2=NN(Cc3ccc(C4=CCCCC4)cc3)C(=O)C2(C)C)cc1)C(=O)O. The third-order valence-electron chi connectivity index (χ3n) is 7.37. The summed E-state index contributed by atoms with van der Waals surface area (Å²) in [4.78, 5) is 24.4. The number of hydrazone groups is 1. The normalized spacial score (nSPS) is 17.4. The largest absolute Gasteiger partial charge is 0.478 e. The summed E-state index contributed by atoms with van der Waals surface area (Å²) >= 11 is 0. The van der Waals surface area contributed by atoms with Gasteiger partial charge in [0.2, 0.25) is 0 Å². The highest BCUT2D eigenvalue weighted by atomic mass is 16.5. The Labute approximate surface area is 220 Å². The minimum atomic E-state index is -1.28. The fourth-order valence-corrected chi connectivity index (χ4v) is 4.85. The van der Waals surface area contributed by atoms with E-state index in [2.05, 4.69) is 30.3 Å². The monoisotopic (exact) mass is 502 g/mol. The number of carboxylic acids is 1. The molecular weight excluding hydrogens is 464 g/mol. The number of aliphatic carboxylic acids is 1. The summed E-state index contributed by atoms with van der Waals surface area (Å²) in [5, 5.41) is 15.6. The van der Waals surface area contributed by atoms with Crippen molar-refractivity contribution in [1.29, 1.82) is 0 Å². The first-order valence-electron chi connectivity index (χ1n) is 13.3. The van der Waals surface area contributed by atoms with Crippen LogP contribution in [0.5, 0.6) is 5.75 Å². The lowest BCUT2D eigenvalue weighted by atomic mass is 9.84. The number of carbonyl (C=O) groups excluding carboxylic acids is 1. The zero-order valence-electron chi connectivity index (χ0n) is 22.4. The van der Waals surface area contributed by atoms with Gasteiger partial charge in [-0.2, -0.15) is 5.10 Å². The number of hydrogen-bond acceptors (Lipinski definition) is 4. The Morgan fingerprint density at radius 3 is 2.32 bits per heavy atom. The Bertz CT molecular complexity index is 1190. The maximum Gasteiger partial charge on any atom is 0.347 e. The average molecular weight is 503 g/mol. The number of carbonyl (C=O) groups is 2. The van der Waals surface area contributed by atoms with E-state index in [1.54, 1.807) is 17.1 Å². The summed E-state index contributed by atoms with van der Waals surface area (Å²) in [7, 11) is 0. The quantitative estimate of drug-likeness (QED) is 0.395. The summed E-state index contributed by atoms with van der Waals surface area (Å²) in [6, 6.07) is 16.1. The minimum absolute atomic E-state index is 0.0455. The van der Waals surface area contributed by atoms with Crippen LogP contribution in [0, 0.1) is 5.41 Å². The molecule has 0 saturated carbocycles. The van der Waals surface area contributed by atoms with Gasteiger partial charge >= 0.3 is 5.97 Å². The molecule has 2 aromatic carbocycles. The van der Waals surface area contributed by atoms with Gasteiger partial charge in [0.25, 0.3) is 5.91 Å². The van der Waals surface area contributed by atoms with Crippen molar-refractivity contribution >= 4 is 23.2 Å². The van der Waals surface area contributed by atoms with Gasteiger partial charge in [-0.05, 0) is 107 Å². The summed E-state index contributed by atoms with van der Waals surface area (Å²) in [6.45, 7) is 7.47. The molecule has 0 bridgehead atoms. The summed E-state index contributed by atoms with van der Waals surface area (Å²) in [5.74, 6) is -0.430. The Hall–Kier alpha value is -3.41. The highest BCUT2D eigenvalue weighted by Crippen LogP contribution is 2.33. The van der Waals surface area contributed by atoms with Crippen LogP contribution >= 0.6 is 0 Å². The van der Waals surface area contributed by atoms with Crippen LogP contribution in [0.25, 0.3) is 5.57 Å². The van der Waals surface area contributed by atoms with Crippen molar-refractivity contribution in [2.24, 2.45) is 10.5 Å². The molecule has 1 heterocycles. The summed E-state index contributed by atoms with van der Waals surface area (Å²) in [6.07, 6.45) is 9.65. The molecule has 0 unspecified atom stereocenters. The van der Waals surface area contributed by atoms with Crippen molar-refractivity contribution in [3.63, 3.8) is 0 Å². The van der Waals surface area contributed by atoms with Crippen molar-refractivity contribution in [2.45, 2.75) is 84.8 Å². The number of allylic oxidation sites excluding steroid dienone is 2. The summed E-state index contributed by atoms with van der Waals surface area (Å²) < 4.78 is 5.58. The van der Waals surface area contributed by atoms with Crippen LogP contribution in [0.1, 0.15) is 82.9 Å². The smallest absolute Gasteiger partial charge is 0.347 e. The van der Waals surface area contributed by atoms with E-state index in [1.165, 1.54) is 37.8 Å². The number of hydrogen-bond donors (Lipinski definition) is 1. The number of amides is 1. The number of benzene rings is 2. The molecular formula is C31H38N2O4. The molecule has 196 valence electrons. The highest BCUT2D eigenvalue weighted by Gasteiger charge is 2.42. The molecule has 1 aliphatic carbocycles. The van der Waals surface area contributed by atoms with E-state index < -0.39 is 17.0 Å². The van der Waals surface area contributed by atoms with E-state index in [1.807, 2.05) is 26.0 Å². The maximum atomic E-state index is 13.1. The molecule has 0 saturated heterocycles. The second kappa shape index (κ2) is 10.9. The molecule has 0 fully saturated rings. The Balaban J connectivity index is 1.33. The lowest BCUT2D eigenvalue weighted by Gasteiger charge is -2.21. The van der Waals surface area contributed by atoms with Crippen LogP contribution in [0.2, 0.25) is 0 Å². The molecule has 0 spiro atoms. The van der Waals surface area contributed by atoms with E-state index in [0.717, 1.165) is 48.9 Å². The van der Waals surface area contributed by atoms with Crippen molar-refractivity contribution in [3.05, 3.63) is 71.3 Å². The molecule has 4 rings (SSSR count). The van der Waals surface area contributed by atoms with E-state index in [0.29, 0.717) is 12.3 Å². The van der Waals surface area contributed by atoms with Crippen molar-refractivity contribution in [3.8, 4) is 5.75 Å². The van der Waals surface area contributed by atoms with Gasteiger partial charge in [-0.3, -0.25) is 4.79 Å². The predicted octanol–water partition coefficient (Wildman–Crippen LogP) is 6.63. The van der Waals surface area contributed by atoms with Crippen LogP contribution in [0.3, 0.4) is 0 Å². The molecule has 1 aliphatic heterocycles. The molecule has 6 nitrogen and oxygen atoms in total. The number of ether oxygens (including phenoxy) is 1. The molecule has 1 N–H and O–H groups in total. The first-order valence-corrected chi connectivity index (χ1v) is 13.3. The molecule has 2 aromatic rings. The molecule has 0 aromatic heterocycles. The second-order valence-corrected chi connectivity index (χ2v) is 11.1. The topological polar surface area (TPSA) is 79.2 Å². The summed E-state index contributed by atoms with van der Waals surface area (Å²) in [5.41, 5.74) is 3.97. The van der Waals surface area contributed by atoms with Crippen molar-refractivity contribution < 1.29 is 19.4 Å². The van der Waals surface area contributed by atoms with E-state index in [9.17, 15) is 14.7 Å². The second-order valence-electron chi connectivity index (χ2n) is 11.1. The van der Waals surface area contributed by atoms with Gasteiger partial charge in [0.1, 0.15) is 5.75 Å². The fourth-order valence-electron chi connectivity index (χ4n) is 4.85. The number of rotatable bonds is 10. The molecule has 0 radical (unpaired) electrons. The van der Waals surface area contributed by atoms with Gasteiger partial charge < -0.3 is 9.84 Å². The first-order chi connectivity index (χ1) is 17.6. The number of nitrogens with zero attached hydrogens (tertiary/aromatic N) is 2. The van der Waals surface area contributed by atoms with Gasteiger partial charge in [0.15, 0.2) is 5.60 Å². The van der Waals surface area contributed by atoms with E-state index in [-0.39, 0.29) is 5.91 Å². The number of aryl methyl sites for hydroxylation is 1. The van der Waals surface area contributed by atoms with Crippen molar-refractivity contribution in [1.82, 2.24) is 5.01 Å². The third kappa shape index (κ3) is 6.30. The molecule has 37 heavy (non-hydrogen) atoms. The average Bonchev–Trinajstić information content (AvgIpc) is 3.09. The molecule has 6 heteroatoms. The van der Waals surface area contributed by atoms with Gasteiger partial charge in [0.05, 0.1) is 17.7 Å². The van der Waals surface area contributed by atoms with Crippen LogP contribution in [-0.4, -0.2) is 33.3 Å². The van der Waals surface area contributed by atoms with Gasteiger partial charge in [0, 0.05) is 0 Å². The minimum Gasteiger partial charge on any atom is -0.478 e. The van der Waals surface area contributed by atoms with Crippen LogP contribution in [0.4, 0.5) is 0 Å². The predicted molar refractivity (Wildman–Crippen MR) is 146 cm³/mol. The molecule has 0 atom stereocenters. The molecule has 2 aliphatic rings.